The molecule has 0 amide bonds. The standard InChI is InChI=1S/C12H15BrN4O2S/c1-3-17-7-11(12(14)15-17)20(18,19)16-9-5-4-8(2)10(13)6-9/h4-7,16H,3H2,1-2H3,(H2,14,15). The highest BCUT2D eigenvalue weighted by molar-refractivity contribution is 9.10. The Bertz CT molecular complexity index is 740. The first-order chi connectivity index (χ1) is 9.33. The summed E-state index contributed by atoms with van der Waals surface area (Å²) in [4.78, 5) is -0.0175. The first kappa shape index (κ1) is 14.9. The molecule has 0 unspecified atom stereocenters. The van der Waals surface area contributed by atoms with Crippen molar-refractivity contribution in [2.75, 3.05) is 10.5 Å². The predicted molar refractivity (Wildman–Crippen MR) is 82.0 cm³/mol. The number of halogens is 1. The Kier molecular flexibility index (Phi) is 4.05. The molecule has 2 aromatic rings. The van der Waals surface area contributed by atoms with Crippen molar-refractivity contribution in [2.45, 2.75) is 25.3 Å². The quantitative estimate of drug-likeness (QED) is 0.877. The van der Waals surface area contributed by atoms with Crippen LogP contribution in [0.3, 0.4) is 0 Å². The molecule has 6 nitrogen and oxygen atoms in total. The lowest BCUT2D eigenvalue weighted by Gasteiger charge is -2.08. The third-order valence-electron chi connectivity index (χ3n) is 2.79. The smallest absolute Gasteiger partial charge is 0.267 e. The van der Waals surface area contributed by atoms with Crippen LogP contribution in [0.25, 0.3) is 0 Å². The van der Waals surface area contributed by atoms with Gasteiger partial charge in [0.2, 0.25) is 0 Å². The van der Waals surface area contributed by atoms with Gasteiger partial charge in [-0.25, -0.2) is 8.42 Å². The van der Waals surface area contributed by atoms with E-state index in [0.717, 1.165) is 10.0 Å². The van der Waals surface area contributed by atoms with Gasteiger partial charge in [0, 0.05) is 22.9 Å². The average molecular weight is 359 g/mol. The van der Waals surface area contributed by atoms with Crippen LogP contribution in [0.4, 0.5) is 11.5 Å². The van der Waals surface area contributed by atoms with Crippen LogP contribution >= 0.6 is 15.9 Å². The molecule has 0 atom stereocenters. The number of aromatic nitrogens is 2. The summed E-state index contributed by atoms with van der Waals surface area (Å²) in [5, 5.41) is 3.93. The fraction of sp³-hybridized carbons (Fsp3) is 0.250. The molecule has 20 heavy (non-hydrogen) atoms. The maximum absolute atomic E-state index is 12.3. The van der Waals surface area contributed by atoms with E-state index in [2.05, 4.69) is 25.8 Å². The van der Waals surface area contributed by atoms with Gasteiger partial charge in [-0.05, 0) is 31.5 Å². The van der Waals surface area contributed by atoms with E-state index in [0.29, 0.717) is 12.2 Å². The minimum Gasteiger partial charge on any atom is -0.381 e. The van der Waals surface area contributed by atoms with Crippen molar-refractivity contribution in [1.82, 2.24) is 9.78 Å². The summed E-state index contributed by atoms with van der Waals surface area (Å²) < 4.78 is 29.4. The number of nitrogens with two attached hydrogens (primary N) is 1. The van der Waals surface area contributed by atoms with Gasteiger partial charge in [-0.3, -0.25) is 9.40 Å². The van der Waals surface area contributed by atoms with Crippen LogP contribution in [0.5, 0.6) is 0 Å². The summed E-state index contributed by atoms with van der Waals surface area (Å²) in [7, 11) is -3.74. The van der Waals surface area contributed by atoms with E-state index >= 15 is 0 Å². The number of anilines is 2. The second-order valence-electron chi connectivity index (χ2n) is 4.30. The minimum atomic E-state index is -3.74. The molecule has 1 heterocycles. The lowest BCUT2D eigenvalue weighted by atomic mass is 10.2. The number of hydrogen-bond acceptors (Lipinski definition) is 4. The summed E-state index contributed by atoms with van der Waals surface area (Å²) >= 11 is 3.36. The lowest BCUT2D eigenvalue weighted by Crippen LogP contribution is -2.14. The molecule has 0 radical (unpaired) electrons. The van der Waals surface area contributed by atoms with Crippen molar-refractivity contribution in [3.05, 3.63) is 34.4 Å². The number of sulfonamides is 1. The van der Waals surface area contributed by atoms with Crippen molar-refractivity contribution >= 4 is 37.5 Å². The van der Waals surface area contributed by atoms with Gasteiger partial charge in [0.05, 0.1) is 0 Å². The van der Waals surface area contributed by atoms with Crippen LogP contribution in [-0.4, -0.2) is 18.2 Å². The lowest BCUT2D eigenvalue weighted by molar-refractivity contribution is 0.600. The fourth-order valence-corrected chi connectivity index (χ4v) is 3.16. The summed E-state index contributed by atoms with van der Waals surface area (Å²) in [6.45, 7) is 4.33. The number of nitrogens with one attached hydrogen (secondary N) is 1. The first-order valence-electron chi connectivity index (χ1n) is 5.95. The molecule has 0 saturated heterocycles. The highest BCUT2D eigenvalue weighted by Gasteiger charge is 2.21. The number of nitrogens with zero attached hydrogens (tertiary/aromatic N) is 2. The van der Waals surface area contributed by atoms with Gasteiger partial charge in [-0.15, -0.1) is 0 Å². The monoisotopic (exact) mass is 358 g/mol. The number of rotatable bonds is 4. The first-order valence-corrected chi connectivity index (χ1v) is 8.23. The number of benzene rings is 1. The molecule has 0 fully saturated rings. The van der Waals surface area contributed by atoms with Gasteiger partial charge in [0.1, 0.15) is 4.90 Å². The average Bonchev–Trinajstić information content (AvgIpc) is 2.76. The van der Waals surface area contributed by atoms with Crippen molar-refractivity contribution in [3.8, 4) is 0 Å². The Morgan fingerprint density at radius 2 is 2.15 bits per heavy atom. The molecule has 0 bridgehead atoms. The van der Waals surface area contributed by atoms with Gasteiger partial charge in [0.25, 0.3) is 10.0 Å². The molecule has 0 spiro atoms. The topological polar surface area (TPSA) is 90.0 Å². The van der Waals surface area contributed by atoms with Crippen LogP contribution in [0.1, 0.15) is 12.5 Å². The van der Waals surface area contributed by atoms with Crippen LogP contribution in [0.2, 0.25) is 0 Å². The van der Waals surface area contributed by atoms with Gasteiger partial charge in [-0.1, -0.05) is 22.0 Å². The van der Waals surface area contributed by atoms with E-state index in [9.17, 15) is 8.42 Å². The number of aryl methyl sites for hydroxylation is 2. The highest BCUT2D eigenvalue weighted by atomic mass is 79.9. The Morgan fingerprint density at radius 3 is 2.70 bits per heavy atom. The maximum Gasteiger partial charge on any atom is 0.267 e. The van der Waals surface area contributed by atoms with Crippen LogP contribution < -0.4 is 10.5 Å². The Labute approximate surface area is 126 Å². The van der Waals surface area contributed by atoms with E-state index in [1.54, 1.807) is 12.1 Å². The molecule has 2 rings (SSSR count). The molecule has 8 heteroatoms. The van der Waals surface area contributed by atoms with E-state index in [1.165, 1.54) is 10.9 Å². The predicted octanol–water partition coefficient (Wildman–Crippen LogP) is 2.36. The Hall–Kier alpha value is -1.54. The maximum atomic E-state index is 12.3. The van der Waals surface area contributed by atoms with Gasteiger partial charge >= 0.3 is 0 Å². The van der Waals surface area contributed by atoms with Crippen molar-refractivity contribution < 1.29 is 8.42 Å². The van der Waals surface area contributed by atoms with Crippen molar-refractivity contribution in [2.24, 2.45) is 0 Å². The van der Waals surface area contributed by atoms with E-state index in [1.807, 2.05) is 19.9 Å². The molecule has 1 aromatic carbocycles. The zero-order chi connectivity index (χ0) is 14.9. The normalized spacial score (nSPS) is 11.6. The van der Waals surface area contributed by atoms with Gasteiger partial charge in [-0.2, -0.15) is 5.10 Å². The third-order valence-corrected chi connectivity index (χ3v) is 5.04. The molecule has 0 aliphatic rings. The summed E-state index contributed by atoms with van der Waals surface area (Å²) in [5.74, 6) is -0.00877. The molecule has 0 aliphatic heterocycles. The van der Waals surface area contributed by atoms with Crippen LogP contribution in [0, 0.1) is 6.92 Å². The summed E-state index contributed by atoms with van der Waals surface area (Å²) in [6, 6.07) is 5.21. The SMILES string of the molecule is CCn1cc(S(=O)(=O)Nc2ccc(C)c(Br)c2)c(N)n1. The van der Waals surface area contributed by atoms with Crippen LogP contribution in [0.15, 0.2) is 33.8 Å². The van der Waals surface area contributed by atoms with Crippen molar-refractivity contribution in [1.29, 1.82) is 0 Å². The molecule has 3 N–H and O–H groups in total. The molecule has 108 valence electrons. The fourth-order valence-electron chi connectivity index (χ4n) is 1.65. The van der Waals surface area contributed by atoms with E-state index in [4.69, 9.17) is 5.73 Å². The molecule has 1 aromatic heterocycles. The van der Waals surface area contributed by atoms with Crippen LogP contribution in [-0.2, 0) is 16.6 Å². The largest absolute Gasteiger partial charge is 0.381 e. The van der Waals surface area contributed by atoms with E-state index < -0.39 is 10.0 Å². The third kappa shape index (κ3) is 2.96. The molecular weight excluding hydrogens is 344 g/mol. The van der Waals surface area contributed by atoms with Gasteiger partial charge < -0.3 is 5.73 Å². The van der Waals surface area contributed by atoms with Crippen molar-refractivity contribution in [3.63, 3.8) is 0 Å². The second-order valence-corrected chi connectivity index (χ2v) is 6.81. The number of hydrogen-bond donors (Lipinski definition) is 2. The summed E-state index contributed by atoms with van der Waals surface area (Å²) in [6.07, 6.45) is 1.42. The highest BCUT2D eigenvalue weighted by Crippen LogP contribution is 2.24. The van der Waals surface area contributed by atoms with Gasteiger partial charge in [0.15, 0.2) is 5.82 Å². The zero-order valence-corrected chi connectivity index (χ0v) is 13.5. The second kappa shape index (κ2) is 5.45. The molecule has 0 aliphatic carbocycles. The molecule has 0 saturated carbocycles. The molecular formula is C12H15BrN4O2S. The summed E-state index contributed by atoms with van der Waals surface area (Å²) in [5.41, 5.74) is 7.13. The Balaban J connectivity index is 2.35. The minimum absolute atomic E-state index is 0.00877. The number of nitrogen functional groups attached to an aromatic ring is 1. The zero-order valence-electron chi connectivity index (χ0n) is 11.1. The van der Waals surface area contributed by atoms with E-state index in [-0.39, 0.29) is 10.7 Å². The Morgan fingerprint density at radius 1 is 1.45 bits per heavy atom.